The number of carbonyl (C=O) groups excluding carboxylic acids is 1. The predicted octanol–water partition coefficient (Wildman–Crippen LogP) is 2.90. The Balaban J connectivity index is 1.27. The number of amides is 1. The number of anilines is 1. The number of carbonyl (C=O) groups is 1. The molecule has 0 aliphatic rings. The third-order valence-corrected chi connectivity index (χ3v) is 4.27. The Bertz CT molecular complexity index is 1020. The van der Waals surface area contributed by atoms with E-state index in [1.807, 2.05) is 88.5 Å². The fourth-order valence-electron chi connectivity index (χ4n) is 2.83. The highest BCUT2D eigenvalue weighted by atomic mass is 16.1. The summed E-state index contributed by atoms with van der Waals surface area (Å²) in [7, 11) is 0. The van der Waals surface area contributed by atoms with Crippen molar-refractivity contribution in [2.45, 2.75) is 0 Å². The molecule has 1 aromatic carbocycles. The van der Waals surface area contributed by atoms with Gasteiger partial charge in [0.2, 0.25) is 0 Å². The van der Waals surface area contributed by atoms with Gasteiger partial charge in [0.15, 0.2) is 0 Å². The lowest BCUT2D eigenvalue weighted by molar-refractivity contribution is 0.0955. The third kappa shape index (κ3) is 4.09. The van der Waals surface area contributed by atoms with Gasteiger partial charge in [-0.2, -0.15) is 0 Å². The molecule has 0 unspecified atom stereocenters. The number of rotatable bonds is 7. The lowest BCUT2D eigenvalue weighted by Crippen LogP contribution is -2.28. The first-order valence-corrected chi connectivity index (χ1v) is 9.00. The topological polar surface area (TPSA) is 76.8 Å². The minimum atomic E-state index is -0.100. The van der Waals surface area contributed by atoms with E-state index in [1.54, 1.807) is 0 Å². The number of nitrogens with zero attached hydrogens (tertiary/aromatic N) is 4. The fourth-order valence-corrected chi connectivity index (χ4v) is 2.83. The van der Waals surface area contributed by atoms with Crippen molar-refractivity contribution in [2.24, 2.45) is 0 Å². The zero-order valence-electron chi connectivity index (χ0n) is 15.2. The molecule has 7 heteroatoms. The van der Waals surface area contributed by atoms with Gasteiger partial charge in [0.05, 0.1) is 0 Å². The largest absolute Gasteiger partial charge is 0.368 e. The summed E-state index contributed by atoms with van der Waals surface area (Å²) in [5.41, 5.74) is 1.65. The van der Waals surface area contributed by atoms with Gasteiger partial charge in [0.25, 0.3) is 5.91 Å². The molecule has 0 atom stereocenters. The standard InChI is InChI=1S/C21H20N6O/c28-21(17-5-7-18(8-6-17)26-11-1-2-12-26)23-10-9-22-19-15-20(25-16-24-19)27-13-3-4-14-27/h1-8,11-16H,9-10H2,(H,23,28)(H,22,24,25). The molecular formula is C21H20N6O. The van der Waals surface area contributed by atoms with Gasteiger partial charge in [-0.3, -0.25) is 4.79 Å². The molecule has 3 aromatic heterocycles. The summed E-state index contributed by atoms with van der Waals surface area (Å²) in [4.78, 5) is 20.7. The molecule has 4 aromatic rings. The van der Waals surface area contributed by atoms with Gasteiger partial charge in [-0.25, -0.2) is 9.97 Å². The maximum atomic E-state index is 12.3. The molecule has 0 aliphatic heterocycles. The van der Waals surface area contributed by atoms with Crippen molar-refractivity contribution >= 4 is 11.7 Å². The molecule has 0 radical (unpaired) electrons. The maximum Gasteiger partial charge on any atom is 0.251 e. The minimum Gasteiger partial charge on any atom is -0.368 e. The van der Waals surface area contributed by atoms with Crippen LogP contribution in [-0.2, 0) is 0 Å². The Kier molecular flexibility index (Phi) is 5.15. The Morgan fingerprint density at radius 1 is 0.857 bits per heavy atom. The zero-order chi connectivity index (χ0) is 19.2. The van der Waals surface area contributed by atoms with Crippen LogP contribution in [0, 0.1) is 0 Å². The van der Waals surface area contributed by atoms with Crippen LogP contribution in [0.3, 0.4) is 0 Å². The van der Waals surface area contributed by atoms with E-state index < -0.39 is 0 Å². The van der Waals surface area contributed by atoms with Crippen molar-refractivity contribution in [1.82, 2.24) is 24.4 Å². The van der Waals surface area contributed by atoms with Gasteiger partial charge < -0.3 is 19.8 Å². The Morgan fingerprint density at radius 3 is 2.25 bits per heavy atom. The molecule has 0 saturated heterocycles. The lowest BCUT2D eigenvalue weighted by Gasteiger charge is -2.09. The Hall–Kier alpha value is -3.87. The molecule has 28 heavy (non-hydrogen) atoms. The normalized spacial score (nSPS) is 10.6. The maximum absolute atomic E-state index is 12.3. The summed E-state index contributed by atoms with van der Waals surface area (Å²) in [5.74, 6) is 1.40. The van der Waals surface area contributed by atoms with Crippen molar-refractivity contribution in [3.63, 3.8) is 0 Å². The molecule has 0 spiro atoms. The monoisotopic (exact) mass is 372 g/mol. The summed E-state index contributed by atoms with van der Waals surface area (Å²) >= 11 is 0. The van der Waals surface area contributed by atoms with Crippen molar-refractivity contribution in [1.29, 1.82) is 0 Å². The summed E-state index contributed by atoms with van der Waals surface area (Å²) in [6, 6.07) is 17.2. The van der Waals surface area contributed by atoms with Gasteiger partial charge in [0.1, 0.15) is 18.0 Å². The zero-order valence-corrected chi connectivity index (χ0v) is 15.2. The molecule has 0 fully saturated rings. The number of benzene rings is 1. The van der Waals surface area contributed by atoms with Crippen LogP contribution in [0.4, 0.5) is 5.82 Å². The van der Waals surface area contributed by atoms with Crippen LogP contribution in [0.15, 0.2) is 85.7 Å². The highest BCUT2D eigenvalue weighted by molar-refractivity contribution is 5.94. The second kappa shape index (κ2) is 8.22. The third-order valence-electron chi connectivity index (χ3n) is 4.27. The molecule has 140 valence electrons. The first kappa shape index (κ1) is 17.5. The average Bonchev–Trinajstić information content (AvgIpc) is 3.46. The molecule has 4 rings (SSSR count). The van der Waals surface area contributed by atoms with E-state index in [-0.39, 0.29) is 5.91 Å². The molecule has 1 amide bonds. The van der Waals surface area contributed by atoms with Gasteiger partial charge in [-0.1, -0.05) is 0 Å². The van der Waals surface area contributed by atoms with Crippen LogP contribution < -0.4 is 10.6 Å². The van der Waals surface area contributed by atoms with Gasteiger partial charge in [-0.05, 0) is 48.5 Å². The van der Waals surface area contributed by atoms with Crippen LogP contribution >= 0.6 is 0 Å². The number of hydrogen-bond donors (Lipinski definition) is 2. The van der Waals surface area contributed by atoms with Crippen molar-refractivity contribution in [3.8, 4) is 11.5 Å². The van der Waals surface area contributed by atoms with Crippen LogP contribution in [0.5, 0.6) is 0 Å². The number of aromatic nitrogens is 4. The first-order chi connectivity index (χ1) is 13.8. The van der Waals surface area contributed by atoms with E-state index in [1.165, 1.54) is 6.33 Å². The van der Waals surface area contributed by atoms with Crippen LogP contribution in [-0.4, -0.2) is 38.1 Å². The SMILES string of the molecule is O=C(NCCNc1cc(-n2cccc2)ncn1)c1ccc(-n2cccc2)cc1. The van der Waals surface area contributed by atoms with Crippen LogP contribution in [0.2, 0.25) is 0 Å². The quantitative estimate of drug-likeness (QED) is 0.489. The van der Waals surface area contributed by atoms with E-state index in [0.717, 1.165) is 11.5 Å². The molecule has 7 nitrogen and oxygen atoms in total. The number of nitrogens with one attached hydrogen (secondary N) is 2. The van der Waals surface area contributed by atoms with E-state index in [9.17, 15) is 4.79 Å². The predicted molar refractivity (Wildman–Crippen MR) is 108 cm³/mol. The Morgan fingerprint density at radius 2 is 1.54 bits per heavy atom. The molecule has 3 heterocycles. The van der Waals surface area contributed by atoms with Gasteiger partial charge in [0, 0.05) is 55.2 Å². The van der Waals surface area contributed by atoms with Gasteiger partial charge >= 0.3 is 0 Å². The van der Waals surface area contributed by atoms with Crippen molar-refractivity contribution in [3.05, 3.63) is 91.3 Å². The summed E-state index contributed by atoms with van der Waals surface area (Å²) in [6.45, 7) is 1.05. The minimum absolute atomic E-state index is 0.100. The molecule has 0 aliphatic carbocycles. The fraction of sp³-hybridized carbons (Fsp3) is 0.0952. The second-order valence-corrected chi connectivity index (χ2v) is 6.17. The smallest absolute Gasteiger partial charge is 0.251 e. The van der Waals surface area contributed by atoms with Crippen molar-refractivity contribution < 1.29 is 4.79 Å². The van der Waals surface area contributed by atoms with E-state index in [4.69, 9.17) is 0 Å². The molecule has 0 saturated carbocycles. The van der Waals surface area contributed by atoms with E-state index in [0.29, 0.717) is 24.5 Å². The Labute approximate surface area is 162 Å². The second-order valence-electron chi connectivity index (χ2n) is 6.17. The van der Waals surface area contributed by atoms with Crippen molar-refractivity contribution in [2.75, 3.05) is 18.4 Å². The van der Waals surface area contributed by atoms with Gasteiger partial charge in [-0.15, -0.1) is 0 Å². The van der Waals surface area contributed by atoms with Crippen LogP contribution in [0.1, 0.15) is 10.4 Å². The summed E-state index contributed by atoms with van der Waals surface area (Å²) < 4.78 is 3.90. The summed E-state index contributed by atoms with van der Waals surface area (Å²) in [6.07, 6.45) is 9.30. The molecule has 0 bridgehead atoms. The first-order valence-electron chi connectivity index (χ1n) is 9.00. The van der Waals surface area contributed by atoms with Crippen LogP contribution in [0.25, 0.3) is 11.5 Å². The highest BCUT2D eigenvalue weighted by Gasteiger charge is 2.05. The average molecular weight is 372 g/mol. The summed E-state index contributed by atoms with van der Waals surface area (Å²) in [5, 5.41) is 6.11. The molecule has 2 N–H and O–H groups in total. The number of hydrogen-bond acceptors (Lipinski definition) is 4. The molecular weight excluding hydrogens is 352 g/mol. The van der Waals surface area contributed by atoms with E-state index in [2.05, 4.69) is 20.6 Å². The lowest BCUT2D eigenvalue weighted by atomic mass is 10.2. The highest BCUT2D eigenvalue weighted by Crippen LogP contribution is 2.10. The van der Waals surface area contributed by atoms with E-state index >= 15 is 0 Å².